The van der Waals surface area contributed by atoms with E-state index in [-0.39, 0.29) is 5.91 Å². The van der Waals surface area contributed by atoms with Crippen LogP contribution in [0.15, 0.2) is 59.1 Å². The van der Waals surface area contributed by atoms with Gasteiger partial charge in [-0.3, -0.25) is 4.79 Å². The van der Waals surface area contributed by atoms with E-state index in [1.807, 2.05) is 44.2 Å². The van der Waals surface area contributed by atoms with Gasteiger partial charge in [0, 0.05) is 16.5 Å². The molecule has 0 bridgehead atoms. The molecule has 1 atom stereocenters. The topological polar surface area (TPSA) is 93.2 Å². The zero-order valence-corrected chi connectivity index (χ0v) is 16.3. The van der Waals surface area contributed by atoms with Gasteiger partial charge in [-0.15, -0.1) is 5.10 Å². The summed E-state index contributed by atoms with van der Waals surface area (Å²) in [6, 6.07) is 14.9. The number of benzene rings is 2. The molecule has 7 heteroatoms. The minimum Gasteiger partial charge on any atom is -0.459 e. The van der Waals surface area contributed by atoms with Crippen molar-refractivity contribution < 1.29 is 14.3 Å². The molecule has 2 aromatic carbocycles. The minimum absolute atomic E-state index is 0.208. The molecule has 4 rings (SSSR count). The second-order valence-electron chi connectivity index (χ2n) is 6.89. The molecule has 2 heterocycles. The molecule has 29 heavy (non-hydrogen) atoms. The van der Waals surface area contributed by atoms with Crippen LogP contribution in [0.1, 0.15) is 46.8 Å². The van der Waals surface area contributed by atoms with E-state index in [2.05, 4.69) is 15.6 Å². The number of hydrogen-bond acceptors (Lipinski definition) is 5. The van der Waals surface area contributed by atoms with Crippen molar-refractivity contribution in [3.63, 3.8) is 0 Å². The summed E-state index contributed by atoms with van der Waals surface area (Å²) in [5, 5.41) is 21.9. The molecule has 1 amide bonds. The number of fused-ring (bicyclic) bond motifs is 1. The molecule has 0 aliphatic rings. The molecule has 4 aromatic rings. The average molecular weight is 390 g/mol. The third-order valence-electron chi connectivity index (χ3n) is 4.96. The van der Waals surface area contributed by atoms with E-state index in [4.69, 9.17) is 4.42 Å². The number of nitrogens with one attached hydrogen (secondary N) is 1. The second-order valence-corrected chi connectivity index (χ2v) is 6.89. The predicted molar refractivity (Wildman–Crippen MR) is 109 cm³/mol. The molecule has 2 N–H and O–H groups in total. The number of aliphatic hydroxyl groups is 1. The van der Waals surface area contributed by atoms with E-state index in [1.54, 1.807) is 29.1 Å². The van der Waals surface area contributed by atoms with E-state index in [0.717, 1.165) is 22.3 Å². The summed E-state index contributed by atoms with van der Waals surface area (Å²) in [5.41, 5.74) is 3.54. The Morgan fingerprint density at radius 3 is 2.86 bits per heavy atom. The van der Waals surface area contributed by atoms with E-state index >= 15 is 0 Å². The fourth-order valence-electron chi connectivity index (χ4n) is 3.21. The van der Waals surface area contributed by atoms with Crippen molar-refractivity contribution in [1.82, 2.24) is 20.3 Å². The highest BCUT2D eigenvalue weighted by atomic mass is 16.3. The zero-order chi connectivity index (χ0) is 20.4. The van der Waals surface area contributed by atoms with Crippen LogP contribution in [0.3, 0.4) is 0 Å². The molecular weight excluding hydrogens is 368 g/mol. The first-order chi connectivity index (χ1) is 14.1. The van der Waals surface area contributed by atoms with Crippen molar-refractivity contribution in [2.45, 2.75) is 32.9 Å². The summed E-state index contributed by atoms with van der Waals surface area (Å²) < 4.78 is 7.40. The summed E-state index contributed by atoms with van der Waals surface area (Å²) in [5.74, 6) is 0.533. The van der Waals surface area contributed by atoms with Crippen LogP contribution in [0.4, 0.5) is 0 Å². The summed E-state index contributed by atoms with van der Waals surface area (Å²) >= 11 is 0. The Bertz CT molecular complexity index is 1160. The lowest BCUT2D eigenvalue weighted by molar-refractivity contribution is 0.0948. The Balaban J connectivity index is 1.49. The van der Waals surface area contributed by atoms with Gasteiger partial charge in [0.25, 0.3) is 5.91 Å². The zero-order valence-electron chi connectivity index (χ0n) is 16.3. The van der Waals surface area contributed by atoms with Gasteiger partial charge in [0.15, 0.2) is 0 Å². The third kappa shape index (κ3) is 3.77. The number of amides is 1. The first-order valence-electron chi connectivity index (χ1n) is 9.52. The van der Waals surface area contributed by atoms with Crippen molar-refractivity contribution in [3.05, 3.63) is 77.3 Å². The van der Waals surface area contributed by atoms with Crippen LogP contribution in [-0.4, -0.2) is 26.0 Å². The first kappa shape index (κ1) is 18.9. The van der Waals surface area contributed by atoms with Gasteiger partial charge in [0.1, 0.15) is 17.0 Å². The molecule has 0 radical (unpaired) electrons. The van der Waals surface area contributed by atoms with Gasteiger partial charge < -0.3 is 14.8 Å². The van der Waals surface area contributed by atoms with Gasteiger partial charge in [-0.05, 0) is 37.6 Å². The molecule has 7 nitrogen and oxygen atoms in total. The number of furan rings is 1. The molecular formula is C22H22N4O3. The minimum atomic E-state index is -0.651. The monoisotopic (exact) mass is 390 g/mol. The van der Waals surface area contributed by atoms with Gasteiger partial charge in [0.05, 0.1) is 24.5 Å². The maximum atomic E-state index is 12.6. The lowest BCUT2D eigenvalue weighted by atomic mass is 10.1. The van der Waals surface area contributed by atoms with Gasteiger partial charge in [-0.1, -0.05) is 36.4 Å². The van der Waals surface area contributed by atoms with Crippen LogP contribution in [-0.2, 0) is 6.54 Å². The van der Waals surface area contributed by atoms with Crippen LogP contribution < -0.4 is 5.32 Å². The normalized spacial score (nSPS) is 12.2. The highest BCUT2D eigenvalue weighted by Gasteiger charge is 2.14. The number of hydrogen-bond donors (Lipinski definition) is 2. The standard InChI is InChI=1S/C22H22N4O3/c1-3-19(27)18-13-26(25-24-18)16-8-6-7-15(11-16)22(28)23-12-21-14(2)17-9-4-5-10-20(17)29-21/h4-11,13,19,27H,3,12H2,1-2H3,(H,23,28). The van der Waals surface area contributed by atoms with Crippen molar-refractivity contribution >= 4 is 16.9 Å². The molecule has 0 saturated heterocycles. The van der Waals surface area contributed by atoms with E-state index in [0.29, 0.717) is 29.9 Å². The number of nitrogens with zero attached hydrogens (tertiary/aromatic N) is 3. The number of rotatable bonds is 6. The molecule has 2 aromatic heterocycles. The maximum Gasteiger partial charge on any atom is 0.251 e. The summed E-state index contributed by atoms with van der Waals surface area (Å²) in [6.45, 7) is 4.17. The van der Waals surface area contributed by atoms with Gasteiger partial charge in [-0.2, -0.15) is 0 Å². The van der Waals surface area contributed by atoms with Crippen molar-refractivity contribution in [2.75, 3.05) is 0 Å². The Morgan fingerprint density at radius 1 is 1.24 bits per heavy atom. The third-order valence-corrected chi connectivity index (χ3v) is 4.96. The van der Waals surface area contributed by atoms with Crippen molar-refractivity contribution in [1.29, 1.82) is 0 Å². The van der Waals surface area contributed by atoms with Gasteiger partial charge in [-0.25, -0.2) is 4.68 Å². The number of aromatic nitrogens is 3. The summed E-state index contributed by atoms with van der Waals surface area (Å²) in [7, 11) is 0. The van der Waals surface area contributed by atoms with Crippen LogP contribution in [0.25, 0.3) is 16.7 Å². The Morgan fingerprint density at radius 2 is 2.07 bits per heavy atom. The van der Waals surface area contributed by atoms with E-state index in [9.17, 15) is 9.90 Å². The average Bonchev–Trinajstić information content (AvgIpc) is 3.37. The van der Waals surface area contributed by atoms with Crippen LogP contribution >= 0.6 is 0 Å². The maximum absolute atomic E-state index is 12.6. The lowest BCUT2D eigenvalue weighted by Gasteiger charge is -2.06. The number of aryl methyl sites for hydroxylation is 1. The number of para-hydroxylation sites is 1. The largest absolute Gasteiger partial charge is 0.459 e. The molecule has 0 spiro atoms. The number of carbonyl (C=O) groups excluding carboxylic acids is 1. The van der Waals surface area contributed by atoms with Crippen LogP contribution in [0, 0.1) is 6.92 Å². The number of aliphatic hydroxyl groups excluding tert-OH is 1. The Labute approximate surface area is 168 Å². The fourth-order valence-corrected chi connectivity index (χ4v) is 3.21. The van der Waals surface area contributed by atoms with Crippen LogP contribution in [0.2, 0.25) is 0 Å². The molecule has 0 saturated carbocycles. The fraction of sp³-hybridized carbons (Fsp3) is 0.227. The predicted octanol–water partition coefficient (Wildman–Crippen LogP) is 3.70. The number of carbonyl (C=O) groups is 1. The van der Waals surface area contributed by atoms with Crippen molar-refractivity contribution in [2.24, 2.45) is 0 Å². The summed E-state index contributed by atoms with van der Waals surface area (Å²) in [6.07, 6.45) is 1.58. The molecule has 0 fully saturated rings. The highest BCUT2D eigenvalue weighted by molar-refractivity contribution is 5.94. The second kappa shape index (κ2) is 7.89. The van der Waals surface area contributed by atoms with E-state index < -0.39 is 6.10 Å². The van der Waals surface area contributed by atoms with Crippen molar-refractivity contribution in [3.8, 4) is 5.69 Å². The molecule has 1 unspecified atom stereocenters. The molecule has 0 aliphatic heterocycles. The van der Waals surface area contributed by atoms with E-state index in [1.165, 1.54) is 0 Å². The van der Waals surface area contributed by atoms with Crippen LogP contribution in [0.5, 0.6) is 0 Å². The van der Waals surface area contributed by atoms with Gasteiger partial charge in [0.2, 0.25) is 0 Å². The SMILES string of the molecule is CCC(O)c1cn(-c2cccc(C(=O)NCc3oc4ccccc4c3C)c2)nn1. The summed E-state index contributed by atoms with van der Waals surface area (Å²) in [4.78, 5) is 12.6. The molecule has 148 valence electrons. The quantitative estimate of drug-likeness (QED) is 0.524. The highest BCUT2D eigenvalue weighted by Crippen LogP contribution is 2.24. The lowest BCUT2D eigenvalue weighted by Crippen LogP contribution is -2.23. The van der Waals surface area contributed by atoms with Gasteiger partial charge >= 0.3 is 0 Å². The smallest absolute Gasteiger partial charge is 0.251 e. The Hall–Kier alpha value is -3.45. The Kier molecular flexibility index (Phi) is 5.14. The first-order valence-corrected chi connectivity index (χ1v) is 9.52. The molecule has 0 aliphatic carbocycles.